The number of nitrogens with one attached hydrogen (secondary N) is 1. The van der Waals surface area contributed by atoms with E-state index in [-0.39, 0.29) is 11.4 Å². The Morgan fingerprint density at radius 3 is 2.48 bits per heavy atom. The van der Waals surface area contributed by atoms with Crippen LogP contribution in [0.4, 0.5) is 10.5 Å². The number of aryl methyl sites for hydroxylation is 1. The lowest BCUT2D eigenvalue weighted by atomic mass is 10.2. The fourth-order valence-corrected chi connectivity index (χ4v) is 4.59. The molecule has 0 radical (unpaired) electrons. The van der Waals surface area contributed by atoms with Gasteiger partial charge in [0.2, 0.25) is 5.91 Å². The van der Waals surface area contributed by atoms with E-state index in [0.717, 1.165) is 45.1 Å². The maximum Gasteiger partial charge on any atom is 0.294 e. The Hall–Kier alpha value is -3.78. The molecule has 2 aromatic carbocycles. The van der Waals surface area contributed by atoms with E-state index in [1.807, 2.05) is 54.8 Å². The number of hydrogen-bond donors (Lipinski definition) is 1. The smallest absolute Gasteiger partial charge is 0.294 e. The molecule has 168 valence electrons. The van der Waals surface area contributed by atoms with E-state index in [2.05, 4.69) is 5.32 Å². The van der Waals surface area contributed by atoms with Crippen molar-refractivity contribution in [1.29, 1.82) is 0 Å². The summed E-state index contributed by atoms with van der Waals surface area (Å²) in [4.78, 5) is 38.9. The van der Waals surface area contributed by atoms with Crippen LogP contribution in [0.2, 0.25) is 0 Å². The van der Waals surface area contributed by atoms with Crippen molar-refractivity contribution in [3.63, 3.8) is 0 Å². The molecule has 7 nitrogen and oxygen atoms in total. The second kappa shape index (κ2) is 9.38. The second-order valence-corrected chi connectivity index (χ2v) is 8.51. The van der Waals surface area contributed by atoms with Gasteiger partial charge in [-0.05, 0) is 67.6 Å². The molecule has 33 heavy (non-hydrogen) atoms. The Morgan fingerprint density at radius 2 is 1.76 bits per heavy atom. The highest BCUT2D eigenvalue weighted by Gasteiger charge is 2.36. The van der Waals surface area contributed by atoms with Crippen LogP contribution in [0.25, 0.3) is 11.8 Å². The van der Waals surface area contributed by atoms with Gasteiger partial charge >= 0.3 is 0 Å². The van der Waals surface area contributed by atoms with Crippen LogP contribution in [0.3, 0.4) is 0 Å². The third-order valence-electron chi connectivity index (χ3n) is 5.32. The number of carbonyl (C=O) groups excluding carboxylic acids is 3. The molecule has 1 saturated heterocycles. The quantitative estimate of drug-likeness (QED) is 0.535. The van der Waals surface area contributed by atoms with E-state index in [0.29, 0.717) is 5.69 Å². The van der Waals surface area contributed by atoms with Crippen LogP contribution < -0.4 is 10.1 Å². The first-order chi connectivity index (χ1) is 15.9. The van der Waals surface area contributed by atoms with Crippen LogP contribution >= 0.6 is 11.8 Å². The molecule has 0 atom stereocenters. The summed E-state index contributed by atoms with van der Waals surface area (Å²) < 4.78 is 7.54. The van der Waals surface area contributed by atoms with Crippen molar-refractivity contribution in [3.05, 3.63) is 82.5 Å². The SMILES string of the molecule is COc1ccccc1-n1c(C)cc(/C=C2\SC(=O)N(CC(=O)Nc3ccccc3)C2=O)c1C. The maximum atomic E-state index is 12.9. The zero-order chi connectivity index (χ0) is 23.5. The van der Waals surface area contributed by atoms with Crippen LogP contribution in [-0.4, -0.2) is 40.2 Å². The van der Waals surface area contributed by atoms with E-state index in [1.54, 1.807) is 37.5 Å². The number of para-hydroxylation sites is 3. The number of rotatable bonds is 6. The molecule has 0 saturated carbocycles. The van der Waals surface area contributed by atoms with Crippen LogP contribution in [0, 0.1) is 13.8 Å². The molecule has 0 aliphatic carbocycles. The van der Waals surface area contributed by atoms with Gasteiger partial charge in [-0.15, -0.1) is 0 Å². The molecule has 3 amide bonds. The van der Waals surface area contributed by atoms with Crippen molar-refractivity contribution in [1.82, 2.24) is 9.47 Å². The van der Waals surface area contributed by atoms with E-state index in [9.17, 15) is 14.4 Å². The molecule has 1 aliphatic heterocycles. The largest absolute Gasteiger partial charge is 0.495 e. The summed E-state index contributed by atoms with van der Waals surface area (Å²) in [6.45, 7) is 3.58. The van der Waals surface area contributed by atoms with E-state index >= 15 is 0 Å². The average Bonchev–Trinajstić information content (AvgIpc) is 3.23. The number of carbonyl (C=O) groups is 3. The molecular weight excluding hydrogens is 438 g/mol. The van der Waals surface area contributed by atoms with Gasteiger partial charge in [0.1, 0.15) is 12.3 Å². The van der Waals surface area contributed by atoms with Crippen molar-refractivity contribution in [2.75, 3.05) is 19.0 Å². The molecule has 2 heterocycles. The third kappa shape index (κ3) is 4.56. The highest BCUT2D eigenvalue weighted by molar-refractivity contribution is 8.18. The molecular formula is C25H23N3O4S. The van der Waals surface area contributed by atoms with Crippen molar-refractivity contribution in [2.24, 2.45) is 0 Å². The summed E-state index contributed by atoms with van der Waals surface area (Å²) in [6, 6.07) is 18.5. The predicted octanol–water partition coefficient (Wildman–Crippen LogP) is 4.78. The first-order valence-corrected chi connectivity index (χ1v) is 11.1. The van der Waals surface area contributed by atoms with Gasteiger partial charge in [0.05, 0.1) is 17.7 Å². The number of anilines is 1. The lowest BCUT2D eigenvalue weighted by Crippen LogP contribution is -2.36. The fraction of sp³-hybridized carbons (Fsp3) is 0.160. The molecule has 1 aliphatic rings. The van der Waals surface area contributed by atoms with Crippen molar-refractivity contribution >= 4 is 40.6 Å². The predicted molar refractivity (Wildman–Crippen MR) is 130 cm³/mol. The number of imide groups is 1. The Bertz CT molecular complexity index is 1260. The highest BCUT2D eigenvalue weighted by atomic mass is 32.2. The number of amides is 3. The minimum Gasteiger partial charge on any atom is -0.495 e. The normalized spacial score (nSPS) is 14.8. The van der Waals surface area contributed by atoms with Crippen LogP contribution in [0.15, 0.2) is 65.6 Å². The minimum atomic E-state index is -0.477. The fourth-order valence-electron chi connectivity index (χ4n) is 3.76. The highest BCUT2D eigenvalue weighted by Crippen LogP contribution is 2.34. The van der Waals surface area contributed by atoms with Gasteiger partial charge in [-0.2, -0.15) is 0 Å². The van der Waals surface area contributed by atoms with Gasteiger partial charge in [0.25, 0.3) is 11.1 Å². The molecule has 3 aromatic rings. The number of thioether (sulfide) groups is 1. The van der Waals surface area contributed by atoms with Gasteiger partial charge < -0.3 is 14.6 Å². The summed E-state index contributed by atoms with van der Waals surface area (Å²) in [5.74, 6) is -0.176. The van der Waals surface area contributed by atoms with Gasteiger partial charge in [0, 0.05) is 17.1 Å². The van der Waals surface area contributed by atoms with Crippen LogP contribution in [0.5, 0.6) is 5.75 Å². The zero-order valence-electron chi connectivity index (χ0n) is 18.5. The topological polar surface area (TPSA) is 80.6 Å². The van der Waals surface area contributed by atoms with Gasteiger partial charge in [-0.1, -0.05) is 30.3 Å². The second-order valence-electron chi connectivity index (χ2n) is 7.52. The molecule has 4 rings (SSSR count). The average molecular weight is 462 g/mol. The molecule has 1 N–H and O–H groups in total. The number of aromatic nitrogens is 1. The molecule has 8 heteroatoms. The van der Waals surface area contributed by atoms with Gasteiger partial charge in [0.15, 0.2) is 0 Å². The summed E-state index contributed by atoms with van der Waals surface area (Å²) in [7, 11) is 1.62. The zero-order valence-corrected chi connectivity index (χ0v) is 19.3. The Kier molecular flexibility index (Phi) is 6.37. The summed E-state index contributed by atoms with van der Waals surface area (Å²) >= 11 is 0.837. The number of nitrogens with zero attached hydrogens (tertiary/aromatic N) is 2. The number of ether oxygens (including phenoxy) is 1. The first-order valence-electron chi connectivity index (χ1n) is 10.3. The van der Waals surface area contributed by atoms with Crippen molar-refractivity contribution in [3.8, 4) is 11.4 Å². The molecule has 1 fully saturated rings. The van der Waals surface area contributed by atoms with Crippen LogP contribution in [0.1, 0.15) is 17.0 Å². The van der Waals surface area contributed by atoms with Crippen molar-refractivity contribution in [2.45, 2.75) is 13.8 Å². The minimum absolute atomic E-state index is 0.285. The number of methoxy groups -OCH3 is 1. The Morgan fingerprint density at radius 1 is 1.06 bits per heavy atom. The van der Waals surface area contributed by atoms with Crippen LogP contribution in [-0.2, 0) is 9.59 Å². The summed E-state index contributed by atoms with van der Waals surface area (Å²) in [5, 5.41) is 2.23. The lowest BCUT2D eigenvalue weighted by molar-refractivity contribution is -0.127. The van der Waals surface area contributed by atoms with Crippen molar-refractivity contribution < 1.29 is 19.1 Å². The Balaban J connectivity index is 1.56. The van der Waals surface area contributed by atoms with E-state index < -0.39 is 17.1 Å². The van der Waals surface area contributed by atoms with E-state index in [1.165, 1.54) is 0 Å². The molecule has 0 bridgehead atoms. The van der Waals surface area contributed by atoms with Gasteiger partial charge in [-0.3, -0.25) is 19.3 Å². The monoisotopic (exact) mass is 461 g/mol. The molecule has 1 aromatic heterocycles. The number of hydrogen-bond acceptors (Lipinski definition) is 5. The van der Waals surface area contributed by atoms with E-state index in [4.69, 9.17) is 4.74 Å². The molecule has 0 spiro atoms. The Labute approximate surface area is 196 Å². The standard InChI is InChI=1S/C25H23N3O4S/c1-16-13-18(17(2)28(16)20-11-7-8-12-21(20)32-3)14-22-24(30)27(25(31)33-22)15-23(29)26-19-9-5-4-6-10-19/h4-14H,15H2,1-3H3,(H,26,29)/b22-14-. The third-order valence-corrected chi connectivity index (χ3v) is 6.22. The maximum absolute atomic E-state index is 12.9. The summed E-state index contributed by atoms with van der Waals surface area (Å²) in [5.41, 5.74) is 4.18. The first kappa shape index (κ1) is 22.4. The number of benzene rings is 2. The lowest BCUT2D eigenvalue weighted by Gasteiger charge is -2.13. The summed E-state index contributed by atoms with van der Waals surface area (Å²) in [6.07, 6.45) is 1.70. The van der Waals surface area contributed by atoms with Gasteiger partial charge in [-0.25, -0.2) is 0 Å². The molecule has 0 unspecified atom stereocenters.